The number of aliphatic hydroxyl groups excluding tert-OH is 1. The fourth-order valence-electron chi connectivity index (χ4n) is 1.94. The van der Waals surface area contributed by atoms with Gasteiger partial charge in [0.2, 0.25) is 0 Å². The lowest BCUT2D eigenvalue weighted by Crippen LogP contribution is -2.05. The summed E-state index contributed by atoms with van der Waals surface area (Å²) in [4.78, 5) is 0. The van der Waals surface area contributed by atoms with Crippen LogP contribution in [0.5, 0.6) is 5.75 Å². The molecule has 0 aliphatic carbocycles. The molecule has 0 saturated heterocycles. The van der Waals surface area contributed by atoms with Crippen molar-refractivity contribution in [2.75, 3.05) is 7.11 Å². The van der Waals surface area contributed by atoms with Gasteiger partial charge in [-0.25, -0.2) is 4.68 Å². The summed E-state index contributed by atoms with van der Waals surface area (Å²) in [7, 11) is 1.63. The molecule has 1 N–H and O–H groups in total. The Kier molecular flexibility index (Phi) is 3.62. The Balaban J connectivity index is 2.52. The molecule has 1 heterocycles. The third-order valence-corrected chi connectivity index (χ3v) is 2.77. The van der Waals surface area contributed by atoms with Crippen molar-refractivity contribution in [1.29, 1.82) is 0 Å². The highest BCUT2D eigenvalue weighted by atomic mass is 16.5. The first kappa shape index (κ1) is 12.6. The van der Waals surface area contributed by atoms with Crippen molar-refractivity contribution in [3.63, 3.8) is 0 Å². The summed E-state index contributed by atoms with van der Waals surface area (Å²) in [5.74, 6) is 0.997. The molecule has 5 heteroatoms. The molecule has 0 spiro atoms. The minimum absolute atomic E-state index is 0.0997. The molecule has 2 rings (SSSR count). The van der Waals surface area contributed by atoms with Gasteiger partial charge >= 0.3 is 0 Å². The number of aromatic nitrogens is 3. The maximum absolute atomic E-state index is 9.29. The van der Waals surface area contributed by atoms with Gasteiger partial charge in [-0.2, -0.15) is 0 Å². The largest absolute Gasteiger partial charge is 0.497 e. The molecule has 0 radical (unpaired) electrons. The fraction of sp³-hybridized carbons (Fsp3) is 0.385. The quantitative estimate of drug-likeness (QED) is 0.896. The standard InChI is InChI=1S/C13H17N3O2/c1-9(2)13-12(8-17)14-15-16(13)10-5-4-6-11(7-10)18-3/h4-7,9,17H,8H2,1-3H3. The zero-order valence-electron chi connectivity index (χ0n) is 10.8. The Morgan fingerprint density at radius 2 is 2.17 bits per heavy atom. The summed E-state index contributed by atoms with van der Waals surface area (Å²) in [6.45, 7) is 4.00. The van der Waals surface area contributed by atoms with Crippen molar-refractivity contribution in [3.05, 3.63) is 35.7 Å². The van der Waals surface area contributed by atoms with E-state index in [0.717, 1.165) is 17.1 Å². The summed E-state index contributed by atoms with van der Waals surface area (Å²) in [5, 5.41) is 17.4. The molecule has 96 valence electrons. The fourth-order valence-corrected chi connectivity index (χ4v) is 1.94. The van der Waals surface area contributed by atoms with Crippen LogP contribution in [0.3, 0.4) is 0 Å². The monoisotopic (exact) mass is 247 g/mol. The molecule has 0 aliphatic rings. The normalized spacial score (nSPS) is 10.9. The van der Waals surface area contributed by atoms with Gasteiger partial charge in [0.25, 0.3) is 0 Å². The Bertz CT molecular complexity index is 535. The van der Waals surface area contributed by atoms with Crippen LogP contribution in [0.1, 0.15) is 31.2 Å². The highest BCUT2D eigenvalue weighted by molar-refractivity contribution is 5.40. The van der Waals surface area contributed by atoms with Gasteiger partial charge in [0.1, 0.15) is 11.4 Å². The first-order valence-electron chi connectivity index (χ1n) is 5.87. The lowest BCUT2D eigenvalue weighted by molar-refractivity contribution is 0.275. The summed E-state index contributed by atoms with van der Waals surface area (Å²) in [6, 6.07) is 7.60. The van der Waals surface area contributed by atoms with Crippen LogP contribution < -0.4 is 4.74 Å². The van der Waals surface area contributed by atoms with E-state index in [2.05, 4.69) is 24.2 Å². The van der Waals surface area contributed by atoms with Crippen molar-refractivity contribution in [3.8, 4) is 11.4 Å². The first-order valence-corrected chi connectivity index (χ1v) is 5.87. The van der Waals surface area contributed by atoms with E-state index in [-0.39, 0.29) is 12.5 Å². The van der Waals surface area contributed by atoms with Crippen molar-refractivity contribution in [2.24, 2.45) is 0 Å². The maximum Gasteiger partial charge on any atom is 0.121 e. The molecule has 0 bridgehead atoms. The van der Waals surface area contributed by atoms with Crippen LogP contribution in [-0.2, 0) is 6.61 Å². The SMILES string of the molecule is COc1cccc(-n2nnc(CO)c2C(C)C)c1. The van der Waals surface area contributed by atoms with Gasteiger partial charge in [0.05, 0.1) is 25.1 Å². The Morgan fingerprint density at radius 1 is 1.39 bits per heavy atom. The van der Waals surface area contributed by atoms with Crippen LogP contribution in [0.4, 0.5) is 0 Å². The van der Waals surface area contributed by atoms with Crippen LogP contribution >= 0.6 is 0 Å². The molecule has 5 nitrogen and oxygen atoms in total. The summed E-state index contributed by atoms with van der Waals surface area (Å²) in [6.07, 6.45) is 0. The number of hydrogen-bond acceptors (Lipinski definition) is 4. The molecular formula is C13H17N3O2. The van der Waals surface area contributed by atoms with Crippen LogP contribution in [0.2, 0.25) is 0 Å². The van der Waals surface area contributed by atoms with E-state index >= 15 is 0 Å². The Labute approximate surface area is 106 Å². The lowest BCUT2D eigenvalue weighted by atomic mass is 10.1. The van der Waals surface area contributed by atoms with Gasteiger partial charge in [-0.05, 0) is 18.1 Å². The van der Waals surface area contributed by atoms with Crippen LogP contribution in [0, 0.1) is 0 Å². The second-order valence-electron chi connectivity index (χ2n) is 4.35. The zero-order chi connectivity index (χ0) is 13.1. The molecule has 0 unspecified atom stereocenters. The smallest absolute Gasteiger partial charge is 0.121 e. The molecular weight excluding hydrogens is 230 g/mol. The second kappa shape index (κ2) is 5.18. The first-order chi connectivity index (χ1) is 8.67. The van der Waals surface area contributed by atoms with E-state index in [1.807, 2.05) is 24.3 Å². The third kappa shape index (κ3) is 2.22. The molecule has 1 aromatic carbocycles. The third-order valence-electron chi connectivity index (χ3n) is 2.77. The number of nitrogens with zero attached hydrogens (tertiary/aromatic N) is 3. The van der Waals surface area contributed by atoms with E-state index in [0.29, 0.717) is 5.69 Å². The van der Waals surface area contributed by atoms with Gasteiger partial charge in [-0.1, -0.05) is 25.1 Å². The summed E-state index contributed by atoms with van der Waals surface area (Å²) < 4.78 is 6.95. The molecule has 18 heavy (non-hydrogen) atoms. The van der Waals surface area contributed by atoms with Gasteiger partial charge in [-0.15, -0.1) is 5.10 Å². The van der Waals surface area contributed by atoms with E-state index < -0.39 is 0 Å². The van der Waals surface area contributed by atoms with Gasteiger partial charge in [0.15, 0.2) is 0 Å². The number of hydrogen-bond donors (Lipinski definition) is 1. The average molecular weight is 247 g/mol. The highest BCUT2D eigenvalue weighted by Crippen LogP contribution is 2.23. The number of benzene rings is 1. The molecule has 0 aliphatic heterocycles. The van der Waals surface area contributed by atoms with E-state index in [4.69, 9.17) is 4.74 Å². The zero-order valence-corrected chi connectivity index (χ0v) is 10.8. The molecule has 0 amide bonds. The Hall–Kier alpha value is -1.88. The molecule has 0 fully saturated rings. The van der Waals surface area contributed by atoms with Gasteiger partial charge in [-0.3, -0.25) is 0 Å². The average Bonchev–Trinajstić information content (AvgIpc) is 2.82. The Morgan fingerprint density at radius 3 is 2.78 bits per heavy atom. The predicted octanol–water partition coefficient (Wildman–Crippen LogP) is 1.89. The minimum Gasteiger partial charge on any atom is -0.497 e. The number of ether oxygens (including phenoxy) is 1. The minimum atomic E-state index is -0.0997. The summed E-state index contributed by atoms with van der Waals surface area (Å²) >= 11 is 0. The molecule has 0 atom stereocenters. The lowest BCUT2D eigenvalue weighted by Gasteiger charge is -2.11. The topological polar surface area (TPSA) is 60.2 Å². The van der Waals surface area contributed by atoms with Crippen molar-refractivity contribution in [1.82, 2.24) is 15.0 Å². The number of methoxy groups -OCH3 is 1. The van der Waals surface area contributed by atoms with Crippen molar-refractivity contribution < 1.29 is 9.84 Å². The number of rotatable bonds is 4. The van der Waals surface area contributed by atoms with Crippen molar-refractivity contribution in [2.45, 2.75) is 26.4 Å². The molecule has 2 aromatic rings. The predicted molar refractivity (Wildman–Crippen MR) is 67.9 cm³/mol. The van der Waals surface area contributed by atoms with E-state index in [1.165, 1.54) is 0 Å². The maximum atomic E-state index is 9.29. The number of aliphatic hydroxyl groups is 1. The van der Waals surface area contributed by atoms with E-state index in [9.17, 15) is 5.11 Å². The van der Waals surface area contributed by atoms with Gasteiger partial charge in [0, 0.05) is 6.07 Å². The van der Waals surface area contributed by atoms with Crippen LogP contribution in [0.25, 0.3) is 5.69 Å². The van der Waals surface area contributed by atoms with Crippen molar-refractivity contribution >= 4 is 0 Å². The van der Waals surface area contributed by atoms with Gasteiger partial charge < -0.3 is 9.84 Å². The summed E-state index contributed by atoms with van der Waals surface area (Å²) in [5.41, 5.74) is 2.42. The second-order valence-corrected chi connectivity index (χ2v) is 4.35. The highest BCUT2D eigenvalue weighted by Gasteiger charge is 2.16. The van der Waals surface area contributed by atoms with Crippen LogP contribution in [0.15, 0.2) is 24.3 Å². The van der Waals surface area contributed by atoms with E-state index in [1.54, 1.807) is 11.8 Å². The van der Waals surface area contributed by atoms with Crippen LogP contribution in [-0.4, -0.2) is 27.2 Å². The molecule has 1 aromatic heterocycles. The molecule has 0 saturated carbocycles.